The van der Waals surface area contributed by atoms with E-state index in [4.69, 9.17) is 16.3 Å². The van der Waals surface area contributed by atoms with Gasteiger partial charge in [0.25, 0.3) is 0 Å². The molecule has 0 aliphatic heterocycles. The van der Waals surface area contributed by atoms with E-state index in [1.165, 1.54) is 44.9 Å². The lowest BCUT2D eigenvalue weighted by molar-refractivity contribution is 0.304. The summed E-state index contributed by atoms with van der Waals surface area (Å²) in [6.07, 6.45) is 10.5. The Hall–Kier alpha value is -2.69. The van der Waals surface area contributed by atoms with Gasteiger partial charge in [-0.15, -0.1) is 10.2 Å². The molecule has 0 spiro atoms. The first-order valence-electron chi connectivity index (χ1n) is 12.7. The van der Waals surface area contributed by atoms with Crippen LogP contribution in [-0.2, 0) is 0 Å². The Morgan fingerprint density at radius 3 is 1.63 bits per heavy atom. The summed E-state index contributed by atoms with van der Waals surface area (Å²) in [4.78, 5) is 0. The number of benzene rings is 3. The van der Waals surface area contributed by atoms with E-state index in [-0.39, 0.29) is 0 Å². The fourth-order valence-corrected chi connectivity index (χ4v) is 5.00. The molecule has 0 bridgehead atoms. The summed E-state index contributed by atoms with van der Waals surface area (Å²) in [7, 11) is 0. The van der Waals surface area contributed by atoms with Crippen molar-refractivity contribution in [1.82, 2.24) is 10.2 Å². The third-order valence-electron chi connectivity index (χ3n) is 6.10. The van der Waals surface area contributed by atoms with Crippen molar-refractivity contribution in [3.05, 3.63) is 77.8 Å². The zero-order valence-corrected chi connectivity index (χ0v) is 22.0. The lowest BCUT2D eigenvalue weighted by Gasteiger charge is -2.06. The molecule has 3 aromatic carbocycles. The summed E-state index contributed by atoms with van der Waals surface area (Å²) in [5.74, 6) is 0.916. The van der Waals surface area contributed by atoms with E-state index in [0.717, 1.165) is 56.1 Å². The highest BCUT2D eigenvalue weighted by atomic mass is 35.5. The molecule has 4 aromatic rings. The van der Waals surface area contributed by atoms with Gasteiger partial charge in [0.2, 0.25) is 0 Å². The van der Waals surface area contributed by atoms with Gasteiger partial charge in [0.15, 0.2) is 0 Å². The Bertz CT molecular complexity index is 1150. The maximum absolute atomic E-state index is 6.00. The number of unbranched alkanes of at least 4 members (excludes halogenated alkanes) is 7. The molecule has 0 aliphatic rings. The molecular formula is C30H33ClN2OS. The molecule has 0 fully saturated rings. The van der Waals surface area contributed by atoms with E-state index in [0.29, 0.717) is 0 Å². The topological polar surface area (TPSA) is 35.0 Å². The van der Waals surface area contributed by atoms with Gasteiger partial charge in [-0.1, -0.05) is 111 Å². The highest BCUT2D eigenvalue weighted by Gasteiger charge is 2.09. The fraction of sp³-hybridized carbons (Fsp3) is 0.333. The van der Waals surface area contributed by atoms with Crippen molar-refractivity contribution >= 4 is 22.9 Å². The number of hydrogen-bond acceptors (Lipinski definition) is 4. The summed E-state index contributed by atoms with van der Waals surface area (Å²) in [5, 5.41) is 11.4. The smallest absolute Gasteiger partial charge is 0.148 e. The van der Waals surface area contributed by atoms with Crippen LogP contribution in [0.5, 0.6) is 5.75 Å². The van der Waals surface area contributed by atoms with Gasteiger partial charge in [-0.2, -0.15) is 0 Å². The molecule has 0 amide bonds. The van der Waals surface area contributed by atoms with Crippen LogP contribution in [0.25, 0.3) is 32.3 Å². The summed E-state index contributed by atoms with van der Waals surface area (Å²) in [5.41, 5.74) is 4.42. The molecule has 4 rings (SSSR count). The zero-order valence-electron chi connectivity index (χ0n) is 20.4. The summed E-state index contributed by atoms with van der Waals surface area (Å²) in [6.45, 7) is 3.04. The van der Waals surface area contributed by atoms with Crippen LogP contribution in [-0.4, -0.2) is 16.8 Å². The van der Waals surface area contributed by atoms with Crippen molar-refractivity contribution in [2.75, 3.05) is 6.61 Å². The monoisotopic (exact) mass is 504 g/mol. The Labute approximate surface area is 218 Å². The molecule has 3 nitrogen and oxygen atoms in total. The minimum absolute atomic E-state index is 0.745. The predicted molar refractivity (Wildman–Crippen MR) is 149 cm³/mol. The van der Waals surface area contributed by atoms with Crippen LogP contribution in [0.2, 0.25) is 5.02 Å². The van der Waals surface area contributed by atoms with Gasteiger partial charge >= 0.3 is 0 Å². The number of nitrogens with zero attached hydrogens (tertiary/aromatic N) is 2. The minimum atomic E-state index is 0.745. The molecule has 0 radical (unpaired) electrons. The van der Waals surface area contributed by atoms with Crippen molar-refractivity contribution in [2.45, 2.75) is 58.3 Å². The largest absolute Gasteiger partial charge is 0.494 e. The third kappa shape index (κ3) is 7.65. The first kappa shape index (κ1) is 25.4. The zero-order chi connectivity index (χ0) is 24.3. The van der Waals surface area contributed by atoms with Crippen molar-refractivity contribution in [3.63, 3.8) is 0 Å². The van der Waals surface area contributed by atoms with Gasteiger partial charge < -0.3 is 4.74 Å². The maximum atomic E-state index is 6.00. The summed E-state index contributed by atoms with van der Waals surface area (Å²) < 4.78 is 5.93. The molecule has 0 saturated heterocycles. The number of ether oxygens (including phenoxy) is 1. The molecule has 1 aromatic heterocycles. The Morgan fingerprint density at radius 2 is 1.06 bits per heavy atom. The van der Waals surface area contributed by atoms with Gasteiger partial charge in [0.1, 0.15) is 15.8 Å². The molecular weight excluding hydrogens is 472 g/mol. The second kappa shape index (κ2) is 13.4. The van der Waals surface area contributed by atoms with Crippen LogP contribution in [0.1, 0.15) is 58.3 Å². The lowest BCUT2D eigenvalue weighted by atomic mass is 10.0. The number of rotatable bonds is 13. The van der Waals surface area contributed by atoms with E-state index in [9.17, 15) is 0 Å². The van der Waals surface area contributed by atoms with Crippen molar-refractivity contribution in [2.24, 2.45) is 0 Å². The maximum Gasteiger partial charge on any atom is 0.148 e. The molecule has 0 aliphatic carbocycles. The average molecular weight is 505 g/mol. The van der Waals surface area contributed by atoms with Crippen LogP contribution in [0, 0.1) is 0 Å². The van der Waals surface area contributed by atoms with Crippen LogP contribution in [0.15, 0.2) is 72.8 Å². The molecule has 0 saturated carbocycles. The molecule has 35 heavy (non-hydrogen) atoms. The summed E-state index contributed by atoms with van der Waals surface area (Å²) >= 11 is 7.60. The molecule has 0 atom stereocenters. The normalized spacial score (nSPS) is 11.0. The molecule has 182 valence electrons. The van der Waals surface area contributed by atoms with Crippen LogP contribution in [0.4, 0.5) is 0 Å². The number of halogens is 1. The van der Waals surface area contributed by atoms with Crippen molar-refractivity contribution in [3.8, 4) is 38.0 Å². The molecule has 1 heterocycles. The third-order valence-corrected chi connectivity index (χ3v) is 7.38. The van der Waals surface area contributed by atoms with Gasteiger partial charge in [0.05, 0.1) is 6.61 Å². The second-order valence-corrected chi connectivity index (χ2v) is 10.3. The highest BCUT2D eigenvalue weighted by Crippen LogP contribution is 2.32. The quantitative estimate of drug-likeness (QED) is 0.170. The predicted octanol–water partition coefficient (Wildman–Crippen LogP) is 9.71. The Kier molecular flexibility index (Phi) is 9.74. The molecule has 0 unspecified atom stereocenters. The first-order valence-corrected chi connectivity index (χ1v) is 13.9. The SMILES string of the molecule is CCCCCCCCCCOc1ccc(-c2nnc(-c3ccc(-c4ccc(Cl)cc4)cc3)s2)cc1. The van der Waals surface area contributed by atoms with E-state index < -0.39 is 0 Å². The molecule has 5 heteroatoms. The van der Waals surface area contributed by atoms with E-state index >= 15 is 0 Å². The lowest BCUT2D eigenvalue weighted by Crippen LogP contribution is -1.97. The van der Waals surface area contributed by atoms with Gasteiger partial charge in [0, 0.05) is 16.1 Å². The van der Waals surface area contributed by atoms with Crippen molar-refractivity contribution in [1.29, 1.82) is 0 Å². The summed E-state index contributed by atoms with van der Waals surface area (Å²) in [6, 6.07) is 24.5. The van der Waals surface area contributed by atoms with Crippen LogP contribution >= 0.6 is 22.9 Å². The average Bonchev–Trinajstić information content (AvgIpc) is 3.39. The van der Waals surface area contributed by atoms with Crippen LogP contribution < -0.4 is 4.74 Å². The fourth-order valence-electron chi connectivity index (χ4n) is 4.02. The number of hydrogen-bond donors (Lipinski definition) is 0. The van der Waals surface area contributed by atoms with Gasteiger partial charge in [-0.25, -0.2) is 0 Å². The van der Waals surface area contributed by atoms with Gasteiger partial charge in [-0.05, 0) is 53.9 Å². The first-order chi connectivity index (χ1) is 17.2. The molecule has 0 N–H and O–H groups in total. The standard InChI is InChI=1S/C30H33ClN2OS/c1-2-3-4-5-6-7-8-9-22-34-28-20-16-26(17-21-28)30-33-32-29(35-30)25-12-10-23(11-13-25)24-14-18-27(31)19-15-24/h10-21H,2-9,22H2,1H3. The minimum Gasteiger partial charge on any atom is -0.494 e. The van der Waals surface area contributed by atoms with E-state index in [2.05, 4.69) is 53.5 Å². The van der Waals surface area contributed by atoms with Gasteiger partial charge in [-0.3, -0.25) is 0 Å². The Balaban J connectivity index is 1.26. The second-order valence-electron chi connectivity index (χ2n) is 8.84. The Morgan fingerprint density at radius 1 is 0.600 bits per heavy atom. The van der Waals surface area contributed by atoms with E-state index in [1.54, 1.807) is 11.3 Å². The van der Waals surface area contributed by atoms with E-state index in [1.807, 2.05) is 36.4 Å². The van der Waals surface area contributed by atoms with Crippen molar-refractivity contribution < 1.29 is 4.74 Å². The highest BCUT2D eigenvalue weighted by molar-refractivity contribution is 7.17. The number of aromatic nitrogens is 2. The van der Waals surface area contributed by atoms with Crippen LogP contribution in [0.3, 0.4) is 0 Å².